The van der Waals surface area contributed by atoms with Crippen LogP contribution in [-0.2, 0) is 6.54 Å². The van der Waals surface area contributed by atoms with Crippen LogP contribution in [0.15, 0.2) is 30.5 Å². The molecule has 8 nitrogen and oxygen atoms in total. The topological polar surface area (TPSA) is 106 Å². The van der Waals surface area contributed by atoms with E-state index in [1.807, 2.05) is 0 Å². The van der Waals surface area contributed by atoms with Crippen molar-refractivity contribution in [2.75, 3.05) is 30.3 Å². The van der Waals surface area contributed by atoms with E-state index in [-0.39, 0.29) is 30.3 Å². The summed E-state index contributed by atoms with van der Waals surface area (Å²) in [6, 6.07) is 8.95. The average molecular weight is 557 g/mol. The number of aliphatic hydroxyl groups excluding tert-OH is 1. The number of aromatic nitrogens is 2. The van der Waals surface area contributed by atoms with Gasteiger partial charge in [-0.2, -0.15) is 10.2 Å². The Kier molecular flexibility index (Phi) is 7.25. The lowest BCUT2D eigenvalue weighted by atomic mass is 9.47. The van der Waals surface area contributed by atoms with E-state index in [2.05, 4.69) is 36.3 Å². The van der Waals surface area contributed by atoms with E-state index in [0.29, 0.717) is 40.9 Å². The van der Waals surface area contributed by atoms with Gasteiger partial charge in [0.05, 0.1) is 12.8 Å². The van der Waals surface area contributed by atoms with Crippen LogP contribution in [0.5, 0.6) is 5.75 Å². The highest BCUT2D eigenvalue weighted by Gasteiger charge is 2.57. The number of rotatable bonds is 9. The van der Waals surface area contributed by atoms with Crippen LogP contribution in [0.2, 0.25) is 0 Å². The number of aliphatic hydroxyl groups is 1. The molecule has 2 aromatic rings. The first-order chi connectivity index (χ1) is 19.3. The van der Waals surface area contributed by atoms with Crippen molar-refractivity contribution in [2.45, 2.75) is 69.9 Å². The normalized spacial score (nSPS) is 31.2. The predicted molar refractivity (Wildman–Crippen MR) is 142 cm³/mol. The molecular formula is C29H35F3N6O2. The van der Waals surface area contributed by atoms with E-state index >= 15 is 0 Å². The van der Waals surface area contributed by atoms with E-state index in [1.165, 1.54) is 44.0 Å². The number of nitrogens with zero attached hydrogens (tertiary/aromatic N) is 4. The monoisotopic (exact) mass is 556 g/mol. The van der Waals surface area contributed by atoms with Crippen molar-refractivity contribution in [3.8, 4) is 11.8 Å². The number of nitrogens with one attached hydrogen (secondary N) is 2. The van der Waals surface area contributed by atoms with Crippen molar-refractivity contribution in [1.82, 2.24) is 14.9 Å². The zero-order valence-corrected chi connectivity index (χ0v) is 22.3. The molecule has 5 aliphatic rings. The van der Waals surface area contributed by atoms with Crippen LogP contribution in [0, 0.1) is 34.5 Å². The number of benzene rings is 1. The average Bonchev–Trinajstić information content (AvgIpc) is 3.38. The molecule has 1 aromatic carbocycles. The Balaban J connectivity index is 1.13. The Bertz CT molecular complexity index is 1250. The zero-order valence-electron chi connectivity index (χ0n) is 22.3. The van der Waals surface area contributed by atoms with Gasteiger partial charge < -0.3 is 20.5 Å². The summed E-state index contributed by atoms with van der Waals surface area (Å²) in [5, 5.41) is 26.1. The second kappa shape index (κ2) is 10.7. The molecule has 2 unspecified atom stereocenters. The van der Waals surface area contributed by atoms with Crippen molar-refractivity contribution in [1.29, 1.82) is 5.26 Å². The summed E-state index contributed by atoms with van der Waals surface area (Å²) in [5.41, 5.74) is 0.796. The highest BCUT2D eigenvalue weighted by molar-refractivity contribution is 5.53. The number of halogens is 3. The fourth-order valence-electron chi connectivity index (χ4n) is 8.37. The summed E-state index contributed by atoms with van der Waals surface area (Å²) in [6.45, 7) is 2.08. The minimum Gasteiger partial charge on any atom is -0.405 e. The van der Waals surface area contributed by atoms with Gasteiger partial charge in [-0.15, -0.1) is 13.2 Å². The largest absolute Gasteiger partial charge is 0.573 e. The number of para-hydroxylation sites is 1. The van der Waals surface area contributed by atoms with Crippen molar-refractivity contribution in [3.05, 3.63) is 41.6 Å². The molecule has 214 valence electrons. The lowest BCUT2D eigenvalue weighted by molar-refractivity contribution is -0.274. The van der Waals surface area contributed by atoms with Crippen molar-refractivity contribution >= 4 is 11.8 Å². The van der Waals surface area contributed by atoms with Crippen LogP contribution in [0.4, 0.5) is 24.9 Å². The van der Waals surface area contributed by atoms with Crippen LogP contribution < -0.4 is 15.4 Å². The third-order valence-electron chi connectivity index (χ3n) is 9.54. The molecule has 2 heterocycles. The van der Waals surface area contributed by atoms with Gasteiger partial charge in [0.1, 0.15) is 23.2 Å². The number of likely N-dealkylation sites (tertiary alicyclic amines) is 1. The van der Waals surface area contributed by atoms with E-state index < -0.39 is 6.36 Å². The highest BCUT2D eigenvalue weighted by atomic mass is 19.4. The molecule has 4 saturated carbocycles. The number of hydrogen-bond acceptors (Lipinski definition) is 8. The van der Waals surface area contributed by atoms with Gasteiger partial charge in [0.2, 0.25) is 5.95 Å². The van der Waals surface area contributed by atoms with Crippen LogP contribution in [-0.4, -0.2) is 58.1 Å². The van der Waals surface area contributed by atoms with Gasteiger partial charge in [0, 0.05) is 30.7 Å². The minimum absolute atomic E-state index is 0.0271. The molecule has 5 fully saturated rings. The Labute approximate surface area is 231 Å². The Morgan fingerprint density at radius 2 is 1.93 bits per heavy atom. The summed E-state index contributed by atoms with van der Waals surface area (Å²) in [4.78, 5) is 11.3. The third kappa shape index (κ3) is 5.44. The van der Waals surface area contributed by atoms with E-state index in [4.69, 9.17) is 0 Å². The number of nitriles is 1. The summed E-state index contributed by atoms with van der Waals surface area (Å²) in [6.07, 6.45) is 4.89. The first kappa shape index (κ1) is 27.1. The number of ether oxygens (including phenoxy) is 1. The van der Waals surface area contributed by atoms with E-state index in [0.717, 1.165) is 38.3 Å². The van der Waals surface area contributed by atoms with Crippen LogP contribution in [0.25, 0.3) is 0 Å². The maximum Gasteiger partial charge on any atom is 0.573 e. The lowest BCUT2D eigenvalue weighted by Crippen LogP contribution is -2.61. The molecule has 0 spiro atoms. The molecule has 4 bridgehead atoms. The maximum atomic E-state index is 12.8. The van der Waals surface area contributed by atoms with E-state index in [9.17, 15) is 23.5 Å². The second-order valence-electron chi connectivity index (χ2n) is 12.1. The van der Waals surface area contributed by atoms with Gasteiger partial charge in [0.25, 0.3) is 0 Å². The fraction of sp³-hybridized carbons (Fsp3) is 0.621. The van der Waals surface area contributed by atoms with Gasteiger partial charge in [0.15, 0.2) is 0 Å². The van der Waals surface area contributed by atoms with Gasteiger partial charge in [-0.05, 0) is 80.7 Å². The fourth-order valence-corrected chi connectivity index (χ4v) is 8.37. The summed E-state index contributed by atoms with van der Waals surface area (Å²) in [7, 11) is 0. The van der Waals surface area contributed by atoms with Gasteiger partial charge in [-0.1, -0.05) is 18.2 Å². The third-order valence-corrected chi connectivity index (χ3v) is 9.54. The SMILES string of the molecule is N#Cc1cnc(NCc2ccccc2OC(F)(F)F)nc1NC[C@@]12CC3C[C@H](C1)C(N1CCC[C@H]1CO)[C@@H](C3)C2. The molecule has 4 aliphatic carbocycles. The molecule has 1 aliphatic heterocycles. The number of hydrogen-bond donors (Lipinski definition) is 3. The molecule has 6 atom stereocenters. The number of alkyl halides is 3. The van der Waals surface area contributed by atoms with Gasteiger partial charge in [-0.3, -0.25) is 4.90 Å². The quantitative estimate of drug-likeness (QED) is 0.400. The molecule has 11 heteroatoms. The van der Waals surface area contributed by atoms with Crippen molar-refractivity contribution < 1.29 is 23.0 Å². The predicted octanol–water partition coefficient (Wildman–Crippen LogP) is 4.92. The minimum atomic E-state index is -4.79. The molecule has 3 N–H and O–H groups in total. The molecule has 1 saturated heterocycles. The summed E-state index contributed by atoms with van der Waals surface area (Å²) < 4.78 is 42.5. The molecule has 7 rings (SSSR count). The van der Waals surface area contributed by atoms with Crippen LogP contribution in [0.3, 0.4) is 0 Å². The number of anilines is 2. The Morgan fingerprint density at radius 1 is 1.15 bits per heavy atom. The Hall–Kier alpha value is -3.10. The van der Waals surface area contributed by atoms with Gasteiger partial charge >= 0.3 is 6.36 Å². The first-order valence-corrected chi connectivity index (χ1v) is 14.2. The van der Waals surface area contributed by atoms with Crippen molar-refractivity contribution in [3.63, 3.8) is 0 Å². The van der Waals surface area contributed by atoms with Crippen LogP contribution >= 0.6 is 0 Å². The summed E-state index contributed by atoms with van der Waals surface area (Å²) in [5.74, 6) is 2.37. The first-order valence-electron chi connectivity index (χ1n) is 14.2. The highest BCUT2D eigenvalue weighted by Crippen LogP contribution is 2.61. The maximum absolute atomic E-state index is 12.8. The van der Waals surface area contributed by atoms with E-state index in [1.54, 1.807) is 12.1 Å². The van der Waals surface area contributed by atoms with Crippen molar-refractivity contribution in [2.24, 2.45) is 23.2 Å². The molecule has 0 amide bonds. The smallest absolute Gasteiger partial charge is 0.405 e. The summed E-state index contributed by atoms with van der Waals surface area (Å²) >= 11 is 0. The lowest BCUT2D eigenvalue weighted by Gasteiger charge is -2.62. The Morgan fingerprint density at radius 3 is 2.65 bits per heavy atom. The molecule has 1 aromatic heterocycles. The zero-order chi connectivity index (χ0) is 27.9. The standard InChI is InChI=1S/C29H35F3N6O2/c30-29(31,32)40-24-6-2-1-4-19(24)14-34-27-35-15-22(13-33)26(37-27)36-17-28-10-18-8-20(11-28)25(21(9-18)12-28)38-7-3-5-23(38)16-39/h1-2,4,6,15,18,20-21,23,25,39H,3,5,7-12,14,16-17H2,(H2,34,35,36,37)/t18?,20-,21+,23-,25?,28+/m0/s1. The molecule has 40 heavy (non-hydrogen) atoms. The second-order valence-corrected chi connectivity index (χ2v) is 12.1. The molecular weight excluding hydrogens is 521 g/mol. The van der Waals surface area contributed by atoms with Gasteiger partial charge in [-0.25, -0.2) is 4.98 Å². The van der Waals surface area contributed by atoms with Crippen LogP contribution in [0.1, 0.15) is 56.1 Å². The molecule has 0 radical (unpaired) electrons.